The molecule has 13 heteroatoms. The molecule has 0 saturated heterocycles. The van der Waals surface area contributed by atoms with Crippen molar-refractivity contribution in [3.63, 3.8) is 0 Å². The van der Waals surface area contributed by atoms with E-state index in [0.29, 0.717) is 24.1 Å². The van der Waals surface area contributed by atoms with Crippen molar-refractivity contribution < 1.29 is 40.6 Å². The topological polar surface area (TPSA) is 74.1 Å². The molecule has 2 atom stereocenters. The summed E-state index contributed by atoms with van der Waals surface area (Å²) in [4.78, 5) is 10.6. The lowest BCUT2D eigenvalue weighted by Crippen LogP contribution is -2.51. The number of nitro benzene ring substituents is 1. The van der Waals surface area contributed by atoms with Crippen LogP contribution in [-0.4, -0.2) is 20.8 Å². The quantitative estimate of drug-likeness (QED) is 0.244. The average molecular weight is 471 g/mol. The van der Waals surface area contributed by atoms with Gasteiger partial charge in [0.05, 0.1) is 16.1 Å². The van der Waals surface area contributed by atoms with Crippen LogP contribution in [0, 0.1) is 10.1 Å². The molecule has 33 heavy (non-hydrogen) atoms. The Bertz CT molecular complexity index is 1250. The van der Waals surface area contributed by atoms with E-state index in [1.165, 1.54) is 18.5 Å². The summed E-state index contributed by atoms with van der Waals surface area (Å²) in [6, 6.07) is 5.04. The lowest BCUT2D eigenvalue weighted by molar-refractivity contribution is -0.739. The number of aromatic nitrogens is 3. The van der Waals surface area contributed by atoms with Gasteiger partial charge in [-0.15, -0.1) is 0 Å². The van der Waals surface area contributed by atoms with Gasteiger partial charge in [-0.2, -0.15) is 26.3 Å². The van der Waals surface area contributed by atoms with Crippen LogP contribution in [0.4, 0.5) is 32.0 Å². The Morgan fingerprint density at radius 2 is 1.73 bits per heavy atom. The molecule has 2 unspecified atom stereocenters. The SMILES string of the molecule is O=[N+]([O-])c1ccc2c(c1)C1C(C2)OCc2nn(-c3cc(C(F)(F)F)cc(C(F)(F)F)c3)c[n+]21. The fourth-order valence-corrected chi connectivity index (χ4v) is 4.26. The van der Waals surface area contributed by atoms with Crippen LogP contribution in [-0.2, 0) is 30.1 Å². The van der Waals surface area contributed by atoms with Gasteiger partial charge in [0.25, 0.3) is 5.69 Å². The van der Waals surface area contributed by atoms with Crippen LogP contribution in [0.15, 0.2) is 42.7 Å². The molecule has 1 aliphatic heterocycles. The summed E-state index contributed by atoms with van der Waals surface area (Å²) >= 11 is 0. The fraction of sp³-hybridized carbons (Fsp3) is 0.300. The van der Waals surface area contributed by atoms with Gasteiger partial charge in [0.15, 0.2) is 0 Å². The van der Waals surface area contributed by atoms with Crippen LogP contribution in [0.2, 0.25) is 0 Å². The maximum absolute atomic E-state index is 13.2. The maximum Gasteiger partial charge on any atom is 0.416 e. The number of nitrogens with zero attached hydrogens (tertiary/aromatic N) is 4. The zero-order valence-corrected chi connectivity index (χ0v) is 16.4. The Morgan fingerprint density at radius 1 is 1.06 bits per heavy atom. The highest BCUT2D eigenvalue weighted by atomic mass is 19.4. The molecule has 2 aromatic carbocycles. The smallest absolute Gasteiger partial charge is 0.363 e. The Hall–Kier alpha value is -3.48. The molecule has 0 bridgehead atoms. The van der Waals surface area contributed by atoms with Crippen molar-refractivity contribution in [1.82, 2.24) is 9.78 Å². The molecule has 1 aliphatic carbocycles. The van der Waals surface area contributed by atoms with E-state index < -0.39 is 46.2 Å². The van der Waals surface area contributed by atoms with Gasteiger partial charge in [0, 0.05) is 29.2 Å². The summed E-state index contributed by atoms with van der Waals surface area (Å²) in [5.74, 6) is 0.265. The average Bonchev–Trinajstić information content (AvgIpc) is 3.32. The molecule has 0 amide bonds. The first-order valence-corrected chi connectivity index (χ1v) is 9.60. The zero-order chi connectivity index (χ0) is 23.7. The molecular weight excluding hydrogens is 458 g/mol. The number of ether oxygens (including phenoxy) is 1. The molecule has 0 radical (unpaired) electrons. The predicted octanol–water partition coefficient (Wildman–Crippen LogP) is 4.15. The summed E-state index contributed by atoms with van der Waals surface area (Å²) in [7, 11) is 0. The molecule has 0 N–H and O–H groups in total. The van der Waals surface area contributed by atoms with Crippen LogP contribution >= 0.6 is 0 Å². The molecule has 5 rings (SSSR count). The van der Waals surface area contributed by atoms with E-state index in [0.717, 1.165) is 10.2 Å². The highest BCUT2D eigenvalue weighted by Crippen LogP contribution is 2.39. The van der Waals surface area contributed by atoms with Crippen LogP contribution in [0.5, 0.6) is 0 Å². The third-order valence-electron chi connectivity index (χ3n) is 5.75. The van der Waals surface area contributed by atoms with Crippen molar-refractivity contribution in [2.75, 3.05) is 0 Å². The zero-order valence-electron chi connectivity index (χ0n) is 16.4. The van der Waals surface area contributed by atoms with Crippen molar-refractivity contribution in [3.05, 3.63) is 80.9 Å². The Labute approximate surface area is 181 Å². The molecule has 2 heterocycles. The number of benzene rings is 2. The Balaban J connectivity index is 1.62. The second-order valence-electron chi connectivity index (χ2n) is 7.79. The summed E-state index contributed by atoms with van der Waals surface area (Å²) in [6.07, 6.45) is -8.64. The lowest BCUT2D eigenvalue weighted by atomic mass is 10.1. The first-order chi connectivity index (χ1) is 15.4. The van der Waals surface area contributed by atoms with Gasteiger partial charge < -0.3 is 4.74 Å². The second-order valence-corrected chi connectivity index (χ2v) is 7.79. The maximum atomic E-state index is 13.2. The van der Waals surface area contributed by atoms with Gasteiger partial charge in [-0.1, -0.05) is 10.7 Å². The second kappa shape index (κ2) is 7.01. The fourth-order valence-electron chi connectivity index (χ4n) is 4.26. The molecule has 0 saturated carbocycles. The first kappa shape index (κ1) is 21.4. The third kappa shape index (κ3) is 3.61. The first-order valence-electron chi connectivity index (χ1n) is 9.60. The van der Waals surface area contributed by atoms with Gasteiger partial charge in [-0.05, 0) is 23.8 Å². The van der Waals surface area contributed by atoms with Crippen molar-refractivity contribution in [3.8, 4) is 5.69 Å². The van der Waals surface area contributed by atoms with Crippen LogP contribution in [0.3, 0.4) is 0 Å². The number of nitro groups is 1. The van der Waals surface area contributed by atoms with Crippen molar-refractivity contribution in [2.45, 2.75) is 37.5 Å². The number of non-ortho nitro benzene ring substituents is 1. The highest BCUT2D eigenvalue weighted by molar-refractivity contribution is 5.45. The Morgan fingerprint density at radius 3 is 2.33 bits per heavy atom. The van der Waals surface area contributed by atoms with Crippen LogP contribution in [0.1, 0.15) is 34.1 Å². The normalized spacial score (nSPS) is 19.7. The summed E-state index contributed by atoms with van der Waals surface area (Å²) in [5.41, 5.74) is -2.07. The minimum absolute atomic E-state index is 0.0185. The predicted molar refractivity (Wildman–Crippen MR) is 97.3 cm³/mol. The molecular formula is C20H13F6N4O3+. The number of rotatable bonds is 2. The molecule has 1 aromatic heterocycles. The highest BCUT2D eigenvalue weighted by Gasteiger charge is 2.45. The lowest BCUT2D eigenvalue weighted by Gasteiger charge is -2.23. The largest absolute Gasteiger partial charge is 0.416 e. The van der Waals surface area contributed by atoms with Gasteiger partial charge in [0.2, 0.25) is 6.33 Å². The standard InChI is InChI=1S/C20H13F6N4O3/c21-19(22,23)11-4-12(20(24,25)26)6-14(5-11)29-9-28-17(27-29)8-33-16-3-10-1-2-13(30(31)32)7-15(10)18(16)28/h1-2,4-7,9,16,18H,3,8H2/q+1. The van der Waals surface area contributed by atoms with E-state index in [4.69, 9.17) is 4.74 Å². The van der Waals surface area contributed by atoms with E-state index in [1.54, 1.807) is 10.6 Å². The van der Waals surface area contributed by atoms with Crippen molar-refractivity contribution in [2.24, 2.45) is 0 Å². The number of halogens is 6. The minimum Gasteiger partial charge on any atom is -0.363 e. The summed E-state index contributed by atoms with van der Waals surface area (Å²) in [5, 5.41) is 15.3. The van der Waals surface area contributed by atoms with Gasteiger partial charge in [-0.25, -0.2) is 4.57 Å². The van der Waals surface area contributed by atoms with E-state index in [2.05, 4.69) is 5.10 Å². The van der Waals surface area contributed by atoms with Crippen LogP contribution in [0.25, 0.3) is 5.69 Å². The number of hydrogen-bond donors (Lipinski definition) is 0. The van der Waals surface area contributed by atoms with E-state index in [1.807, 2.05) is 0 Å². The van der Waals surface area contributed by atoms with Gasteiger partial charge in [0.1, 0.15) is 24.4 Å². The van der Waals surface area contributed by atoms with Crippen molar-refractivity contribution in [1.29, 1.82) is 0 Å². The Kier molecular flexibility index (Phi) is 4.54. The minimum atomic E-state index is -4.99. The van der Waals surface area contributed by atoms with Crippen molar-refractivity contribution >= 4 is 5.69 Å². The molecule has 3 aromatic rings. The van der Waals surface area contributed by atoms with Gasteiger partial charge in [-0.3, -0.25) is 10.1 Å². The molecule has 0 fully saturated rings. The monoisotopic (exact) mass is 471 g/mol. The number of fused-ring (bicyclic) bond motifs is 5. The van der Waals surface area contributed by atoms with E-state index in [-0.39, 0.29) is 24.2 Å². The summed E-state index contributed by atoms with van der Waals surface area (Å²) < 4.78 is 87.8. The van der Waals surface area contributed by atoms with E-state index in [9.17, 15) is 36.5 Å². The molecule has 0 spiro atoms. The summed E-state index contributed by atoms with van der Waals surface area (Å²) in [6.45, 7) is -0.0185. The van der Waals surface area contributed by atoms with E-state index >= 15 is 0 Å². The van der Waals surface area contributed by atoms with Gasteiger partial charge >= 0.3 is 18.2 Å². The number of alkyl halides is 6. The van der Waals surface area contributed by atoms with Crippen LogP contribution < -0.4 is 4.57 Å². The molecule has 7 nitrogen and oxygen atoms in total. The molecule has 172 valence electrons. The number of hydrogen-bond acceptors (Lipinski definition) is 4. The third-order valence-corrected chi connectivity index (χ3v) is 5.75. The molecule has 2 aliphatic rings.